The van der Waals surface area contributed by atoms with Gasteiger partial charge in [-0.25, -0.2) is 30.4 Å². The van der Waals surface area contributed by atoms with Gasteiger partial charge in [0.25, 0.3) is 10.0 Å². The number of fused-ring (bicyclic) bond motifs is 1. The first-order valence-electron chi connectivity index (χ1n) is 6.34. The largest absolute Gasteiger partial charge is 0.361 e. The number of aromatic nitrogens is 1. The maximum Gasteiger partial charge on any atom is 0.267 e. The van der Waals surface area contributed by atoms with Gasteiger partial charge in [0.05, 0.1) is 0 Å². The summed E-state index contributed by atoms with van der Waals surface area (Å²) < 4.78 is 92.6. The molecule has 0 amide bonds. The topological polar surface area (TPSA) is 62.0 Å². The highest BCUT2D eigenvalue weighted by molar-refractivity contribution is 7.92. The SMILES string of the molecule is O=S(=O)(Nc1ccc2[nH]ccc2c1)c1c(F)c(F)c(F)c(F)c1F. The Kier molecular flexibility index (Phi) is 3.71. The Hall–Kier alpha value is -2.62. The molecule has 0 aliphatic carbocycles. The first kappa shape index (κ1) is 16.2. The van der Waals surface area contributed by atoms with Gasteiger partial charge in [0.2, 0.25) is 5.82 Å². The van der Waals surface area contributed by atoms with E-state index in [0.717, 1.165) is 0 Å². The molecule has 0 aliphatic rings. The van der Waals surface area contributed by atoms with Crippen LogP contribution in [-0.2, 0) is 10.0 Å². The third-order valence-electron chi connectivity index (χ3n) is 3.24. The molecule has 2 N–H and O–H groups in total. The summed E-state index contributed by atoms with van der Waals surface area (Å²) in [6, 6.07) is 5.68. The Morgan fingerprint density at radius 1 is 0.833 bits per heavy atom. The van der Waals surface area contributed by atoms with Crippen LogP contribution in [0.25, 0.3) is 10.9 Å². The summed E-state index contributed by atoms with van der Waals surface area (Å²) in [5.74, 6) is -12.0. The number of halogens is 5. The highest BCUT2D eigenvalue weighted by Crippen LogP contribution is 2.28. The molecule has 0 bridgehead atoms. The van der Waals surface area contributed by atoms with Gasteiger partial charge in [-0.05, 0) is 24.3 Å². The van der Waals surface area contributed by atoms with Crippen LogP contribution in [0.4, 0.5) is 27.6 Å². The second-order valence-electron chi connectivity index (χ2n) is 4.78. The zero-order valence-electron chi connectivity index (χ0n) is 11.5. The number of aromatic amines is 1. The molecule has 3 rings (SSSR count). The van der Waals surface area contributed by atoms with Gasteiger partial charge in [0, 0.05) is 22.8 Å². The number of anilines is 1. The molecule has 126 valence electrons. The van der Waals surface area contributed by atoms with Gasteiger partial charge in [-0.15, -0.1) is 0 Å². The van der Waals surface area contributed by atoms with E-state index in [9.17, 15) is 30.4 Å². The Morgan fingerprint density at radius 3 is 2.04 bits per heavy atom. The lowest BCUT2D eigenvalue weighted by Gasteiger charge is -2.11. The minimum Gasteiger partial charge on any atom is -0.361 e. The van der Waals surface area contributed by atoms with Crippen molar-refractivity contribution < 1.29 is 30.4 Å². The van der Waals surface area contributed by atoms with E-state index < -0.39 is 44.0 Å². The molecule has 0 atom stereocenters. The number of rotatable bonds is 3. The van der Waals surface area contributed by atoms with Gasteiger partial charge in [-0.2, -0.15) is 0 Å². The lowest BCUT2D eigenvalue weighted by atomic mass is 10.2. The van der Waals surface area contributed by atoms with Crippen LogP contribution in [0.1, 0.15) is 0 Å². The van der Waals surface area contributed by atoms with Crippen molar-refractivity contribution in [1.29, 1.82) is 0 Å². The molecular formula is C14H7F5N2O2S. The van der Waals surface area contributed by atoms with Crippen LogP contribution < -0.4 is 4.72 Å². The van der Waals surface area contributed by atoms with Crippen LogP contribution in [0.3, 0.4) is 0 Å². The average molecular weight is 362 g/mol. The van der Waals surface area contributed by atoms with E-state index in [0.29, 0.717) is 10.9 Å². The van der Waals surface area contributed by atoms with E-state index in [1.165, 1.54) is 18.2 Å². The molecule has 0 unspecified atom stereocenters. The van der Waals surface area contributed by atoms with Crippen LogP contribution in [-0.4, -0.2) is 13.4 Å². The molecule has 3 aromatic rings. The number of hydrogen-bond donors (Lipinski definition) is 2. The summed E-state index contributed by atoms with van der Waals surface area (Å²) in [5, 5.41) is 0.576. The van der Waals surface area contributed by atoms with Crippen LogP contribution in [0.5, 0.6) is 0 Å². The molecule has 0 aliphatic heterocycles. The number of hydrogen-bond acceptors (Lipinski definition) is 2. The van der Waals surface area contributed by atoms with Crippen LogP contribution in [0.2, 0.25) is 0 Å². The number of sulfonamides is 1. The fourth-order valence-electron chi connectivity index (χ4n) is 2.14. The maximum absolute atomic E-state index is 13.7. The molecule has 0 radical (unpaired) electrons. The molecule has 0 spiro atoms. The summed E-state index contributed by atoms with van der Waals surface area (Å²) in [5.41, 5.74) is 0.556. The molecule has 10 heteroatoms. The molecule has 24 heavy (non-hydrogen) atoms. The van der Waals surface area contributed by atoms with Crippen molar-refractivity contribution in [1.82, 2.24) is 4.98 Å². The zero-order chi connectivity index (χ0) is 17.6. The first-order chi connectivity index (χ1) is 11.2. The fourth-order valence-corrected chi connectivity index (χ4v) is 3.33. The van der Waals surface area contributed by atoms with E-state index in [1.807, 2.05) is 0 Å². The highest BCUT2D eigenvalue weighted by atomic mass is 32.2. The van der Waals surface area contributed by atoms with Crippen molar-refractivity contribution in [2.24, 2.45) is 0 Å². The lowest BCUT2D eigenvalue weighted by molar-refractivity contribution is 0.358. The fraction of sp³-hybridized carbons (Fsp3) is 0. The predicted molar refractivity (Wildman–Crippen MR) is 75.3 cm³/mol. The lowest BCUT2D eigenvalue weighted by Crippen LogP contribution is -2.19. The van der Waals surface area contributed by atoms with Gasteiger partial charge in [0.15, 0.2) is 28.2 Å². The van der Waals surface area contributed by atoms with Gasteiger partial charge in [-0.1, -0.05) is 0 Å². The Morgan fingerprint density at radius 2 is 1.42 bits per heavy atom. The summed E-state index contributed by atoms with van der Waals surface area (Å²) in [4.78, 5) is 0.906. The number of H-pyrrole nitrogens is 1. The van der Waals surface area contributed by atoms with Gasteiger partial charge in [0.1, 0.15) is 0 Å². The van der Waals surface area contributed by atoms with E-state index in [-0.39, 0.29) is 5.69 Å². The molecule has 0 saturated carbocycles. The van der Waals surface area contributed by atoms with Crippen LogP contribution >= 0.6 is 0 Å². The first-order valence-corrected chi connectivity index (χ1v) is 7.82. The van der Waals surface area contributed by atoms with Crippen molar-refractivity contribution in [3.05, 3.63) is 59.5 Å². The molecule has 1 heterocycles. The van der Waals surface area contributed by atoms with Crippen molar-refractivity contribution in [3.8, 4) is 0 Å². The Labute approximate surface area is 132 Å². The molecule has 1 aromatic heterocycles. The van der Waals surface area contributed by atoms with E-state index in [1.54, 1.807) is 17.0 Å². The van der Waals surface area contributed by atoms with Gasteiger partial charge in [-0.3, -0.25) is 4.72 Å². The second-order valence-corrected chi connectivity index (χ2v) is 6.40. The van der Waals surface area contributed by atoms with Gasteiger partial charge >= 0.3 is 0 Å². The average Bonchev–Trinajstić information content (AvgIpc) is 2.98. The van der Waals surface area contributed by atoms with E-state index in [2.05, 4.69) is 4.98 Å². The quantitative estimate of drug-likeness (QED) is 0.424. The number of benzene rings is 2. The minimum atomic E-state index is -5.05. The van der Waals surface area contributed by atoms with E-state index in [4.69, 9.17) is 0 Å². The third-order valence-corrected chi connectivity index (χ3v) is 4.64. The normalized spacial score (nSPS) is 11.9. The van der Waals surface area contributed by atoms with Crippen molar-refractivity contribution in [2.75, 3.05) is 4.72 Å². The van der Waals surface area contributed by atoms with E-state index >= 15 is 0 Å². The summed E-state index contributed by atoms with van der Waals surface area (Å²) >= 11 is 0. The summed E-state index contributed by atoms with van der Waals surface area (Å²) in [7, 11) is -5.05. The molecule has 0 saturated heterocycles. The van der Waals surface area contributed by atoms with Crippen molar-refractivity contribution in [3.63, 3.8) is 0 Å². The van der Waals surface area contributed by atoms with Crippen LogP contribution in [0, 0.1) is 29.1 Å². The monoisotopic (exact) mass is 362 g/mol. The van der Waals surface area contributed by atoms with Crippen LogP contribution in [0.15, 0.2) is 35.4 Å². The molecule has 0 fully saturated rings. The second kappa shape index (κ2) is 5.48. The molecular weight excluding hydrogens is 355 g/mol. The molecule has 4 nitrogen and oxygen atoms in total. The predicted octanol–water partition coefficient (Wildman–Crippen LogP) is 3.66. The summed E-state index contributed by atoms with van der Waals surface area (Å²) in [6.45, 7) is 0. The highest BCUT2D eigenvalue weighted by Gasteiger charge is 2.33. The maximum atomic E-state index is 13.7. The Balaban J connectivity index is 2.11. The Bertz CT molecular complexity index is 1030. The summed E-state index contributed by atoms with van der Waals surface area (Å²) in [6.07, 6.45) is 1.58. The molecule has 2 aromatic carbocycles. The number of nitrogens with one attached hydrogen (secondary N) is 2. The standard InChI is InChI=1S/C14H7F5N2O2S/c15-9-10(16)12(18)14(13(19)11(9)17)24(22,23)21-7-1-2-8-6(5-7)3-4-20-8/h1-5,20-21H. The smallest absolute Gasteiger partial charge is 0.267 e. The third kappa shape index (κ3) is 2.48. The van der Waals surface area contributed by atoms with Gasteiger partial charge < -0.3 is 4.98 Å². The zero-order valence-corrected chi connectivity index (χ0v) is 12.3. The van der Waals surface area contributed by atoms with Crippen molar-refractivity contribution >= 4 is 26.6 Å². The van der Waals surface area contributed by atoms with Crippen molar-refractivity contribution in [2.45, 2.75) is 4.90 Å². The minimum absolute atomic E-state index is 0.106.